The lowest BCUT2D eigenvalue weighted by molar-refractivity contribution is 0.342. The van der Waals surface area contributed by atoms with Crippen LogP contribution in [-0.2, 0) is 15.8 Å². The third-order valence-corrected chi connectivity index (χ3v) is 5.24. The second-order valence-electron chi connectivity index (χ2n) is 4.49. The van der Waals surface area contributed by atoms with Crippen LogP contribution in [0, 0.1) is 11.3 Å². The van der Waals surface area contributed by atoms with Gasteiger partial charge in [0.05, 0.1) is 17.4 Å². The Balaban J connectivity index is 3.06. The van der Waals surface area contributed by atoms with Crippen molar-refractivity contribution in [2.75, 3.05) is 6.54 Å². The average molecular weight is 280 g/mol. The van der Waals surface area contributed by atoms with E-state index in [0.717, 1.165) is 6.42 Å². The van der Waals surface area contributed by atoms with Crippen molar-refractivity contribution in [3.8, 4) is 6.07 Å². The first-order chi connectivity index (χ1) is 8.96. The molecule has 0 amide bonds. The molecule has 0 aromatic heterocycles. The number of benzene rings is 1. The smallest absolute Gasteiger partial charge is 0.212 e. The van der Waals surface area contributed by atoms with Crippen LogP contribution in [0.5, 0.6) is 0 Å². The SMILES string of the molecule is CCC(C)N(CC)S(=O)(=O)Cc1ccccc1C#N. The van der Waals surface area contributed by atoms with Crippen LogP contribution in [-0.4, -0.2) is 25.3 Å². The van der Waals surface area contributed by atoms with Crippen LogP contribution >= 0.6 is 0 Å². The van der Waals surface area contributed by atoms with Gasteiger partial charge in [-0.05, 0) is 25.0 Å². The van der Waals surface area contributed by atoms with E-state index in [4.69, 9.17) is 5.26 Å². The molecule has 1 aromatic rings. The van der Waals surface area contributed by atoms with Crippen molar-refractivity contribution in [1.29, 1.82) is 5.26 Å². The molecular formula is C14H20N2O2S. The summed E-state index contributed by atoms with van der Waals surface area (Å²) in [5.74, 6) is -0.116. The van der Waals surface area contributed by atoms with Gasteiger partial charge in [0.1, 0.15) is 0 Å². The van der Waals surface area contributed by atoms with Crippen molar-refractivity contribution in [2.45, 2.75) is 39.0 Å². The van der Waals surface area contributed by atoms with Gasteiger partial charge in [0.2, 0.25) is 10.0 Å². The van der Waals surface area contributed by atoms with Gasteiger partial charge in [0.25, 0.3) is 0 Å². The van der Waals surface area contributed by atoms with Gasteiger partial charge in [0.15, 0.2) is 0 Å². The molecule has 0 aliphatic heterocycles. The lowest BCUT2D eigenvalue weighted by Gasteiger charge is -2.26. The fraction of sp³-hybridized carbons (Fsp3) is 0.500. The Bertz CT molecular complexity index is 561. The van der Waals surface area contributed by atoms with E-state index in [2.05, 4.69) is 0 Å². The molecule has 1 aromatic carbocycles. The third-order valence-electron chi connectivity index (χ3n) is 3.23. The molecule has 5 heteroatoms. The van der Waals surface area contributed by atoms with Crippen LogP contribution in [0.3, 0.4) is 0 Å². The zero-order chi connectivity index (χ0) is 14.5. The van der Waals surface area contributed by atoms with Crippen LogP contribution < -0.4 is 0 Å². The van der Waals surface area contributed by atoms with Crippen LogP contribution in [0.4, 0.5) is 0 Å². The molecule has 104 valence electrons. The topological polar surface area (TPSA) is 61.2 Å². The molecule has 0 saturated carbocycles. The van der Waals surface area contributed by atoms with Gasteiger partial charge in [-0.15, -0.1) is 0 Å². The summed E-state index contributed by atoms with van der Waals surface area (Å²) < 4.78 is 26.3. The number of sulfonamides is 1. The molecule has 0 spiro atoms. The van der Waals surface area contributed by atoms with E-state index in [1.807, 2.05) is 26.8 Å². The van der Waals surface area contributed by atoms with Crippen LogP contribution in [0.25, 0.3) is 0 Å². The summed E-state index contributed by atoms with van der Waals surface area (Å²) in [4.78, 5) is 0. The maximum Gasteiger partial charge on any atom is 0.218 e. The molecule has 4 nitrogen and oxygen atoms in total. The maximum atomic E-state index is 12.4. The first-order valence-electron chi connectivity index (χ1n) is 6.43. The second kappa shape index (κ2) is 6.69. The molecule has 0 saturated heterocycles. The molecule has 0 heterocycles. The lowest BCUT2D eigenvalue weighted by atomic mass is 10.1. The normalized spacial score (nSPS) is 13.2. The summed E-state index contributed by atoms with van der Waals surface area (Å²) >= 11 is 0. The summed E-state index contributed by atoms with van der Waals surface area (Å²) in [6, 6.07) is 8.84. The monoisotopic (exact) mass is 280 g/mol. The van der Waals surface area contributed by atoms with E-state index >= 15 is 0 Å². The van der Waals surface area contributed by atoms with E-state index in [1.54, 1.807) is 24.3 Å². The predicted molar refractivity (Wildman–Crippen MR) is 75.9 cm³/mol. The van der Waals surface area contributed by atoms with Crippen molar-refractivity contribution in [3.05, 3.63) is 35.4 Å². The van der Waals surface area contributed by atoms with E-state index in [-0.39, 0.29) is 11.8 Å². The molecule has 1 unspecified atom stereocenters. The Morgan fingerprint density at radius 1 is 1.32 bits per heavy atom. The largest absolute Gasteiger partial charge is 0.218 e. The molecule has 1 atom stereocenters. The number of nitriles is 1. The van der Waals surface area contributed by atoms with Crippen LogP contribution in [0.2, 0.25) is 0 Å². The molecule has 0 aliphatic rings. The standard InChI is InChI=1S/C14H20N2O2S/c1-4-12(3)16(5-2)19(17,18)11-14-9-7-6-8-13(14)10-15/h6-9,12H,4-5,11H2,1-3H3. The zero-order valence-corrected chi connectivity index (χ0v) is 12.4. The first-order valence-corrected chi connectivity index (χ1v) is 8.04. The van der Waals surface area contributed by atoms with Gasteiger partial charge in [-0.25, -0.2) is 8.42 Å². The minimum atomic E-state index is -3.39. The number of nitrogens with zero attached hydrogens (tertiary/aromatic N) is 2. The fourth-order valence-corrected chi connectivity index (χ4v) is 3.92. The molecule has 19 heavy (non-hydrogen) atoms. The van der Waals surface area contributed by atoms with Crippen molar-refractivity contribution < 1.29 is 8.42 Å². The molecule has 0 aliphatic carbocycles. The first kappa shape index (κ1) is 15.7. The van der Waals surface area contributed by atoms with Crippen molar-refractivity contribution in [1.82, 2.24) is 4.31 Å². The predicted octanol–water partition coefficient (Wildman–Crippen LogP) is 2.51. The maximum absolute atomic E-state index is 12.4. The summed E-state index contributed by atoms with van der Waals surface area (Å²) in [5, 5.41) is 9.01. The highest BCUT2D eigenvalue weighted by Crippen LogP contribution is 2.17. The summed E-state index contributed by atoms with van der Waals surface area (Å²) in [6.45, 7) is 6.15. The van der Waals surface area contributed by atoms with Crippen LogP contribution in [0.1, 0.15) is 38.3 Å². The molecule has 0 N–H and O–H groups in total. The minimum absolute atomic E-state index is 0.0238. The summed E-state index contributed by atoms with van der Waals surface area (Å²) in [6.07, 6.45) is 0.771. The lowest BCUT2D eigenvalue weighted by Crippen LogP contribution is -2.38. The Morgan fingerprint density at radius 2 is 1.95 bits per heavy atom. The highest BCUT2D eigenvalue weighted by atomic mass is 32.2. The highest BCUT2D eigenvalue weighted by Gasteiger charge is 2.25. The van der Waals surface area contributed by atoms with Gasteiger partial charge >= 0.3 is 0 Å². The van der Waals surface area contributed by atoms with Gasteiger partial charge < -0.3 is 0 Å². The average Bonchev–Trinajstić information content (AvgIpc) is 2.39. The quantitative estimate of drug-likeness (QED) is 0.804. The minimum Gasteiger partial charge on any atom is -0.212 e. The van der Waals surface area contributed by atoms with Gasteiger partial charge in [0, 0.05) is 12.6 Å². The van der Waals surface area contributed by atoms with Crippen molar-refractivity contribution in [2.24, 2.45) is 0 Å². The number of hydrogen-bond acceptors (Lipinski definition) is 3. The van der Waals surface area contributed by atoms with Gasteiger partial charge in [-0.3, -0.25) is 0 Å². The zero-order valence-electron chi connectivity index (χ0n) is 11.6. The third kappa shape index (κ3) is 3.79. The van der Waals surface area contributed by atoms with E-state index in [0.29, 0.717) is 17.7 Å². The molecular weight excluding hydrogens is 260 g/mol. The van der Waals surface area contributed by atoms with Crippen molar-refractivity contribution in [3.63, 3.8) is 0 Å². The Labute approximate surface area is 115 Å². The van der Waals surface area contributed by atoms with Crippen LogP contribution in [0.15, 0.2) is 24.3 Å². The molecule has 0 fully saturated rings. The van der Waals surface area contributed by atoms with Gasteiger partial charge in [-0.1, -0.05) is 32.0 Å². The Morgan fingerprint density at radius 3 is 2.47 bits per heavy atom. The van der Waals surface area contributed by atoms with Gasteiger partial charge in [-0.2, -0.15) is 9.57 Å². The number of rotatable bonds is 6. The fourth-order valence-electron chi connectivity index (χ4n) is 2.02. The van der Waals surface area contributed by atoms with Crippen molar-refractivity contribution >= 4 is 10.0 Å². The van der Waals surface area contributed by atoms with E-state index in [1.165, 1.54) is 4.31 Å². The summed E-state index contributed by atoms with van der Waals surface area (Å²) in [7, 11) is -3.39. The summed E-state index contributed by atoms with van der Waals surface area (Å²) in [5.41, 5.74) is 0.984. The molecule has 1 rings (SSSR count). The second-order valence-corrected chi connectivity index (χ2v) is 6.41. The Kier molecular flexibility index (Phi) is 5.52. The van der Waals surface area contributed by atoms with E-state index < -0.39 is 10.0 Å². The molecule has 0 bridgehead atoms. The highest BCUT2D eigenvalue weighted by molar-refractivity contribution is 7.88. The Hall–Kier alpha value is -1.38. The molecule has 0 radical (unpaired) electrons. The number of hydrogen-bond donors (Lipinski definition) is 0. The van der Waals surface area contributed by atoms with E-state index in [9.17, 15) is 8.42 Å².